The Hall–Kier alpha value is -1.31. The van der Waals surface area contributed by atoms with Crippen LogP contribution in [-0.4, -0.2) is 24.4 Å². The van der Waals surface area contributed by atoms with Gasteiger partial charge in [-0.3, -0.25) is 4.79 Å². The lowest BCUT2D eigenvalue weighted by molar-refractivity contribution is -0.141. The van der Waals surface area contributed by atoms with E-state index in [9.17, 15) is 4.79 Å². The Morgan fingerprint density at radius 2 is 1.62 bits per heavy atom. The highest BCUT2D eigenvalue weighted by Crippen LogP contribution is 2.65. The van der Waals surface area contributed by atoms with Gasteiger partial charge >= 0.3 is 0 Å². The molecule has 4 aliphatic rings. The van der Waals surface area contributed by atoms with E-state index in [-0.39, 0.29) is 5.41 Å². The van der Waals surface area contributed by atoms with Crippen LogP contribution in [0, 0.1) is 35.5 Å². The first kappa shape index (κ1) is 18.1. The minimum absolute atomic E-state index is 0.0801. The molecule has 26 heavy (non-hydrogen) atoms. The van der Waals surface area contributed by atoms with Crippen LogP contribution in [0.3, 0.4) is 0 Å². The van der Waals surface area contributed by atoms with Crippen molar-refractivity contribution in [1.29, 1.82) is 0 Å². The van der Waals surface area contributed by atoms with Crippen molar-refractivity contribution in [1.82, 2.24) is 4.90 Å². The number of amides is 1. The summed E-state index contributed by atoms with van der Waals surface area (Å²) in [7, 11) is 2.00. The summed E-state index contributed by atoms with van der Waals surface area (Å²) >= 11 is 0. The highest BCUT2D eigenvalue weighted by Gasteiger charge is 2.60. The summed E-state index contributed by atoms with van der Waals surface area (Å²) in [6, 6.07) is 11.1. The molecular weight excluding hydrogens is 318 g/mol. The molecule has 0 heterocycles. The van der Waals surface area contributed by atoms with Crippen molar-refractivity contribution in [3.8, 4) is 0 Å². The number of hydrogen-bond donors (Lipinski definition) is 0. The lowest BCUT2D eigenvalue weighted by Gasteiger charge is -2.64. The normalized spacial score (nSPS) is 38.0. The van der Waals surface area contributed by atoms with Gasteiger partial charge in [0.2, 0.25) is 5.91 Å². The summed E-state index contributed by atoms with van der Waals surface area (Å²) in [5.41, 5.74) is 1.52. The molecule has 1 aromatic rings. The van der Waals surface area contributed by atoms with E-state index in [1.54, 1.807) is 0 Å². The fourth-order valence-electron chi connectivity index (χ4n) is 6.91. The van der Waals surface area contributed by atoms with E-state index >= 15 is 0 Å². The van der Waals surface area contributed by atoms with Crippen molar-refractivity contribution in [3.63, 3.8) is 0 Å². The fraction of sp³-hybridized carbons (Fsp3) is 0.708. The summed E-state index contributed by atoms with van der Waals surface area (Å²) in [5.74, 6) is 4.96. The van der Waals surface area contributed by atoms with Crippen molar-refractivity contribution < 1.29 is 4.79 Å². The Kier molecular flexibility index (Phi) is 4.65. The SMILES string of the molecule is CC(C)CN(C)C(=O)CC1(c2ccccc2)C2CC3CC1CC(C2)C3C. The molecule has 0 saturated heterocycles. The van der Waals surface area contributed by atoms with E-state index in [1.807, 2.05) is 11.9 Å². The summed E-state index contributed by atoms with van der Waals surface area (Å²) in [4.78, 5) is 15.2. The Bertz CT molecular complexity index is 619. The largest absolute Gasteiger partial charge is 0.345 e. The molecule has 0 aromatic heterocycles. The molecule has 1 amide bonds. The van der Waals surface area contributed by atoms with Gasteiger partial charge < -0.3 is 4.90 Å². The Morgan fingerprint density at radius 3 is 2.12 bits per heavy atom. The predicted octanol–water partition coefficient (Wildman–Crippen LogP) is 5.13. The number of benzene rings is 1. The smallest absolute Gasteiger partial charge is 0.223 e. The quantitative estimate of drug-likeness (QED) is 0.718. The maximum atomic E-state index is 13.2. The van der Waals surface area contributed by atoms with Crippen LogP contribution in [0.4, 0.5) is 0 Å². The van der Waals surface area contributed by atoms with Gasteiger partial charge in [-0.2, -0.15) is 0 Å². The van der Waals surface area contributed by atoms with Crippen molar-refractivity contribution in [2.45, 2.75) is 58.3 Å². The van der Waals surface area contributed by atoms with Gasteiger partial charge in [0.15, 0.2) is 0 Å². The van der Waals surface area contributed by atoms with E-state index in [1.165, 1.54) is 31.2 Å². The Balaban J connectivity index is 1.68. The fourth-order valence-corrected chi connectivity index (χ4v) is 6.91. The number of nitrogens with zero attached hydrogens (tertiary/aromatic N) is 1. The van der Waals surface area contributed by atoms with Gasteiger partial charge in [-0.05, 0) is 66.8 Å². The second-order valence-corrected chi connectivity index (χ2v) is 9.97. The highest BCUT2D eigenvalue weighted by atomic mass is 16.2. The average molecular weight is 354 g/mol. The zero-order valence-electron chi connectivity index (χ0n) is 16.9. The molecule has 4 fully saturated rings. The third kappa shape index (κ3) is 2.80. The van der Waals surface area contributed by atoms with Crippen molar-refractivity contribution in [2.75, 3.05) is 13.6 Å². The molecule has 1 aromatic carbocycles. The first-order valence-electron chi connectivity index (χ1n) is 10.7. The molecule has 2 nitrogen and oxygen atoms in total. The lowest BCUT2D eigenvalue weighted by Crippen LogP contribution is -2.59. The van der Waals surface area contributed by atoms with E-state index < -0.39 is 0 Å². The molecule has 4 bridgehead atoms. The third-order valence-electron chi connectivity index (χ3n) is 8.11. The summed E-state index contributed by atoms with van der Waals surface area (Å²) in [6.45, 7) is 7.74. The van der Waals surface area contributed by atoms with Crippen molar-refractivity contribution in [3.05, 3.63) is 35.9 Å². The highest BCUT2D eigenvalue weighted by molar-refractivity contribution is 5.78. The molecule has 0 atom stereocenters. The Morgan fingerprint density at radius 1 is 1.08 bits per heavy atom. The van der Waals surface area contributed by atoms with Crippen LogP contribution < -0.4 is 0 Å². The summed E-state index contributed by atoms with van der Waals surface area (Å²) in [5, 5.41) is 0. The molecule has 142 valence electrons. The summed E-state index contributed by atoms with van der Waals surface area (Å²) in [6.07, 6.45) is 6.06. The minimum atomic E-state index is 0.0801. The molecule has 0 spiro atoms. The van der Waals surface area contributed by atoms with Crippen LogP contribution >= 0.6 is 0 Å². The predicted molar refractivity (Wildman–Crippen MR) is 107 cm³/mol. The van der Waals surface area contributed by atoms with Crippen LogP contribution in [0.5, 0.6) is 0 Å². The molecule has 0 radical (unpaired) electrons. The number of carbonyl (C=O) groups excluding carboxylic acids is 1. The topological polar surface area (TPSA) is 20.3 Å². The lowest BCUT2D eigenvalue weighted by atomic mass is 9.41. The van der Waals surface area contributed by atoms with Gasteiger partial charge in [0.05, 0.1) is 0 Å². The van der Waals surface area contributed by atoms with Gasteiger partial charge in [-0.15, -0.1) is 0 Å². The van der Waals surface area contributed by atoms with Crippen molar-refractivity contribution in [2.24, 2.45) is 35.5 Å². The zero-order valence-corrected chi connectivity index (χ0v) is 16.9. The molecule has 0 N–H and O–H groups in total. The molecule has 4 aliphatic carbocycles. The van der Waals surface area contributed by atoms with Gasteiger partial charge in [-0.25, -0.2) is 0 Å². The zero-order chi connectivity index (χ0) is 18.5. The van der Waals surface area contributed by atoms with E-state index in [4.69, 9.17) is 0 Å². The number of carbonyl (C=O) groups is 1. The van der Waals surface area contributed by atoms with Crippen LogP contribution in [-0.2, 0) is 10.2 Å². The van der Waals surface area contributed by atoms with Gasteiger partial charge in [-0.1, -0.05) is 51.1 Å². The molecule has 0 aliphatic heterocycles. The first-order chi connectivity index (χ1) is 12.4. The van der Waals surface area contributed by atoms with Crippen molar-refractivity contribution >= 4 is 5.91 Å². The van der Waals surface area contributed by atoms with Gasteiger partial charge in [0, 0.05) is 25.4 Å². The van der Waals surface area contributed by atoms with E-state index in [0.717, 1.165) is 24.3 Å². The van der Waals surface area contributed by atoms with Crippen LogP contribution in [0.15, 0.2) is 30.3 Å². The standard InChI is InChI=1S/C24H35NO/c1-16(2)15-25(4)23(26)14-24(20-8-6-5-7-9-20)21-10-18-11-22(24)13-19(12-21)17(18)3/h5-9,16-19,21-22H,10-15H2,1-4H3. The second-order valence-electron chi connectivity index (χ2n) is 9.97. The minimum Gasteiger partial charge on any atom is -0.345 e. The molecule has 5 rings (SSSR count). The number of rotatable bonds is 5. The maximum absolute atomic E-state index is 13.2. The van der Waals surface area contributed by atoms with Gasteiger partial charge in [0.25, 0.3) is 0 Å². The molecule has 4 saturated carbocycles. The molecule has 2 heteroatoms. The monoisotopic (exact) mass is 353 g/mol. The van der Waals surface area contributed by atoms with Crippen LogP contribution in [0.25, 0.3) is 0 Å². The van der Waals surface area contributed by atoms with Crippen LogP contribution in [0.2, 0.25) is 0 Å². The van der Waals surface area contributed by atoms with E-state index in [2.05, 4.69) is 51.1 Å². The van der Waals surface area contributed by atoms with Crippen LogP contribution in [0.1, 0.15) is 58.4 Å². The van der Waals surface area contributed by atoms with E-state index in [0.29, 0.717) is 30.1 Å². The summed E-state index contributed by atoms with van der Waals surface area (Å²) < 4.78 is 0. The third-order valence-corrected chi connectivity index (χ3v) is 8.11. The first-order valence-corrected chi connectivity index (χ1v) is 10.7. The second kappa shape index (κ2) is 6.69. The Labute approximate surface area is 159 Å². The van der Waals surface area contributed by atoms with Gasteiger partial charge in [0.1, 0.15) is 0 Å². The average Bonchev–Trinajstić information content (AvgIpc) is 2.60. The molecule has 0 unspecified atom stereocenters. The molecular formula is C24H35NO. The number of hydrogen-bond acceptors (Lipinski definition) is 1. The maximum Gasteiger partial charge on any atom is 0.223 e.